The molecular formula is C29H37F3N4O4Si. The number of carbonyl (C=O) groups excluding carboxylic acids is 2. The maximum absolute atomic E-state index is 13.6. The van der Waals surface area contributed by atoms with Crippen molar-refractivity contribution in [1.82, 2.24) is 10.3 Å². The molecule has 0 saturated heterocycles. The fourth-order valence-electron chi connectivity index (χ4n) is 4.52. The lowest BCUT2D eigenvalue weighted by atomic mass is 9.99. The molecule has 222 valence electrons. The van der Waals surface area contributed by atoms with Crippen LogP contribution in [0.15, 0.2) is 34.9 Å². The molecule has 12 heteroatoms. The first-order valence-corrected chi connectivity index (χ1v) is 16.3. The highest BCUT2D eigenvalue weighted by molar-refractivity contribution is 6.74. The summed E-state index contributed by atoms with van der Waals surface area (Å²) < 4.78 is 51.8. The molecule has 41 heavy (non-hydrogen) atoms. The van der Waals surface area contributed by atoms with Crippen LogP contribution in [0.25, 0.3) is 11.0 Å². The quantitative estimate of drug-likeness (QED) is 0.341. The SMILES string of the molecule is Cc1oc2ccc(N3CCc4cnc(C(F)(F)F)cc4C3)cc2c1C(=O)NC(C)(CO[Si](C)(C)C(C)(C)C)C(N)=O. The molecule has 3 N–H and O–H groups in total. The van der Waals surface area contributed by atoms with Gasteiger partial charge in [0.2, 0.25) is 5.91 Å². The molecule has 0 fully saturated rings. The minimum absolute atomic E-state index is 0.0768. The molecule has 2 aromatic heterocycles. The van der Waals surface area contributed by atoms with E-state index in [1.807, 2.05) is 24.1 Å². The molecule has 4 rings (SSSR count). The fraction of sp³-hybridized carbons (Fsp3) is 0.483. The largest absolute Gasteiger partial charge is 0.461 e. The summed E-state index contributed by atoms with van der Waals surface area (Å²) in [6, 6.07) is 6.42. The molecule has 2 amide bonds. The monoisotopic (exact) mass is 590 g/mol. The summed E-state index contributed by atoms with van der Waals surface area (Å²) in [4.78, 5) is 31.7. The predicted octanol–water partition coefficient (Wildman–Crippen LogP) is 5.71. The number of pyridine rings is 1. The van der Waals surface area contributed by atoms with Crippen molar-refractivity contribution in [3.8, 4) is 0 Å². The summed E-state index contributed by atoms with van der Waals surface area (Å²) in [6.45, 7) is 14.3. The van der Waals surface area contributed by atoms with E-state index in [2.05, 4.69) is 31.1 Å². The van der Waals surface area contributed by atoms with Gasteiger partial charge >= 0.3 is 6.18 Å². The van der Waals surface area contributed by atoms with E-state index in [9.17, 15) is 22.8 Å². The second-order valence-corrected chi connectivity index (χ2v) is 17.2. The summed E-state index contributed by atoms with van der Waals surface area (Å²) in [5, 5.41) is 3.19. The molecule has 0 bridgehead atoms. The van der Waals surface area contributed by atoms with E-state index in [4.69, 9.17) is 14.6 Å². The average molecular weight is 591 g/mol. The van der Waals surface area contributed by atoms with E-state index in [1.165, 1.54) is 6.20 Å². The van der Waals surface area contributed by atoms with Crippen LogP contribution in [0.1, 0.15) is 60.6 Å². The molecule has 0 radical (unpaired) electrons. The minimum Gasteiger partial charge on any atom is -0.461 e. The van der Waals surface area contributed by atoms with E-state index in [1.54, 1.807) is 26.0 Å². The number of nitrogens with one attached hydrogen (secondary N) is 1. The van der Waals surface area contributed by atoms with Crippen molar-refractivity contribution in [2.45, 2.75) is 77.4 Å². The maximum Gasteiger partial charge on any atom is 0.433 e. The van der Waals surface area contributed by atoms with Gasteiger partial charge < -0.3 is 24.8 Å². The van der Waals surface area contributed by atoms with E-state index in [0.29, 0.717) is 35.3 Å². The van der Waals surface area contributed by atoms with Crippen molar-refractivity contribution >= 4 is 36.8 Å². The number of aromatic nitrogens is 1. The number of primary amides is 1. The number of benzene rings is 1. The van der Waals surface area contributed by atoms with Crippen LogP contribution < -0.4 is 16.0 Å². The van der Waals surface area contributed by atoms with Crippen LogP contribution in [0.5, 0.6) is 0 Å². The first kappa shape index (κ1) is 30.6. The van der Waals surface area contributed by atoms with Gasteiger partial charge in [-0.15, -0.1) is 0 Å². The first-order chi connectivity index (χ1) is 18.8. The fourth-order valence-corrected chi connectivity index (χ4v) is 5.61. The van der Waals surface area contributed by atoms with Gasteiger partial charge in [0.1, 0.15) is 22.6 Å². The first-order valence-electron chi connectivity index (χ1n) is 13.4. The number of hydrogen-bond donors (Lipinski definition) is 2. The average Bonchev–Trinajstić information content (AvgIpc) is 3.20. The van der Waals surface area contributed by atoms with Gasteiger partial charge in [0.05, 0.1) is 12.2 Å². The lowest BCUT2D eigenvalue weighted by Crippen LogP contribution is -2.60. The van der Waals surface area contributed by atoms with Gasteiger partial charge in [0, 0.05) is 30.4 Å². The zero-order valence-electron chi connectivity index (χ0n) is 24.5. The number of anilines is 1. The van der Waals surface area contributed by atoms with Gasteiger partial charge in [-0.1, -0.05) is 20.8 Å². The van der Waals surface area contributed by atoms with Crippen LogP contribution in [0.4, 0.5) is 18.9 Å². The second kappa shape index (κ2) is 10.5. The lowest BCUT2D eigenvalue weighted by Gasteiger charge is -2.39. The number of furan rings is 1. The molecule has 1 aliphatic rings. The van der Waals surface area contributed by atoms with Gasteiger partial charge in [-0.2, -0.15) is 13.2 Å². The zero-order chi connectivity index (χ0) is 30.5. The molecule has 3 aromatic rings. The van der Waals surface area contributed by atoms with Crippen molar-refractivity contribution in [2.75, 3.05) is 18.1 Å². The maximum atomic E-state index is 13.6. The van der Waals surface area contributed by atoms with Crippen molar-refractivity contribution in [3.05, 3.63) is 58.6 Å². The van der Waals surface area contributed by atoms with E-state index in [0.717, 1.165) is 17.3 Å². The molecule has 0 spiro atoms. The zero-order valence-corrected chi connectivity index (χ0v) is 25.5. The van der Waals surface area contributed by atoms with Crippen LogP contribution in [-0.4, -0.2) is 43.8 Å². The Balaban J connectivity index is 1.61. The Labute approximate surface area is 238 Å². The van der Waals surface area contributed by atoms with Crippen molar-refractivity contribution in [2.24, 2.45) is 5.73 Å². The predicted molar refractivity (Wildman–Crippen MR) is 153 cm³/mol. The van der Waals surface area contributed by atoms with Gasteiger partial charge in [0.15, 0.2) is 8.32 Å². The molecule has 1 atom stereocenters. The molecule has 0 saturated carbocycles. The van der Waals surface area contributed by atoms with Gasteiger partial charge in [-0.05, 0) is 73.8 Å². The number of nitrogens with two attached hydrogens (primary N) is 1. The molecule has 8 nitrogen and oxygen atoms in total. The highest BCUT2D eigenvalue weighted by Gasteiger charge is 2.42. The Morgan fingerprint density at radius 1 is 1.15 bits per heavy atom. The normalized spacial score (nSPS) is 15.9. The third-order valence-corrected chi connectivity index (χ3v) is 12.8. The number of alkyl halides is 3. The Morgan fingerprint density at radius 2 is 1.83 bits per heavy atom. The topological polar surface area (TPSA) is 111 Å². The number of hydrogen-bond acceptors (Lipinski definition) is 6. The summed E-state index contributed by atoms with van der Waals surface area (Å²) in [7, 11) is -2.25. The highest BCUT2D eigenvalue weighted by Crippen LogP contribution is 2.37. The van der Waals surface area contributed by atoms with Crippen molar-refractivity contribution in [1.29, 1.82) is 0 Å². The Morgan fingerprint density at radius 3 is 2.44 bits per heavy atom. The molecule has 0 aliphatic carbocycles. The second-order valence-electron chi connectivity index (χ2n) is 12.4. The Kier molecular flexibility index (Phi) is 7.81. The van der Waals surface area contributed by atoms with Crippen molar-refractivity contribution < 1.29 is 31.6 Å². The Bertz CT molecular complexity index is 1500. The van der Waals surface area contributed by atoms with Crippen LogP contribution in [0, 0.1) is 6.92 Å². The number of aryl methyl sites for hydroxylation is 1. The number of halogens is 3. The number of nitrogens with zero attached hydrogens (tertiary/aromatic N) is 2. The number of amides is 2. The minimum atomic E-state index is -4.53. The number of carbonyl (C=O) groups is 2. The molecular weight excluding hydrogens is 553 g/mol. The van der Waals surface area contributed by atoms with Crippen LogP contribution in [0.3, 0.4) is 0 Å². The Hall–Kier alpha value is -3.38. The van der Waals surface area contributed by atoms with Crippen LogP contribution in [0.2, 0.25) is 18.1 Å². The molecule has 3 heterocycles. The molecule has 1 aliphatic heterocycles. The standard InChI is InChI=1S/C29H37F3N4O4Si/c1-17-24(25(37)35-28(5,26(33)38)16-39-41(6,7)27(2,3)4)21-13-20(8-9-22(21)40-17)36-11-10-18-14-34-23(29(30,31)32)12-19(18)15-36/h8-9,12-14H,10-11,15-16H2,1-7H3,(H2,33,38)(H,35,37). The van der Waals surface area contributed by atoms with E-state index >= 15 is 0 Å². The van der Waals surface area contributed by atoms with Crippen LogP contribution in [-0.2, 0) is 28.4 Å². The smallest absolute Gasteiger partial charge is 0.433 e. The van der Waals surface area contributed by atoms with E-state index in [-0.39, 0.29) is 23.8 Å². The summed E-state index contributed by atoms with van der Waals surface area (Å²) in [6.07, 6.45) is -2.70. The number of rotatable bonds is 7. The van der Waals surface area contributed by atoms with Gasteiger partial charge in [-0.25, -0.2) is 0 Å². The van der Waals surface area contributed by atoms with Gasteiger partial charge in [0.25, 0.3) is 5.91 Å². The highest BCUT2D eigenvalue weighted by atomic mass is 28.4. The summed E-state index contributed by atoms with van der Waals surface area (Å²) in [5.74, 6) is -0.907. The number of fused-ring (bicyclic) bond motifs is 2. The van der Waals surface area contributed by atoms with Gasteiger partial charge in [-0.3, -0.25) is 14.6 Å². The molecule has 1 unspecified atom stereocenters. The third kappa shape index (κ3) is 6.13. The van der Waals surface area contributed by atoms with E-state index < -0.39 is 37.5 Å². The summed E-state index contributed by atoms with van der Waals surface area (Å²) >= 11 is 0. The lowest BCUT2D eigenvalue weighted by molar-refractivity contribution is -0.141. The molecule has 1 aromatic carbocycles. The van der Waals surface area contributed by atoms with Crippen molar-refractivity contribution in [3.63, 3.8) is 0 Å². The third-order valence-electron chi connectivity index (χ3n) is 8.29. The summed E-state index contributed by atoms with van der Waals surface area (Å²) in [5.41, 5.74) is 6.12. The van der Waals surface area contributed by atoms with Crippen LogP contribution >= 0.6 is 0 Å².